The maximum absolute atomic E-state index is 11.4. The molecule has 0 saturated heterocycles. The van der Waals surface area contributed by atoms with Crippen molar-refractivity contribution in [2.75, 3.05) is 0 Å². The molecule has 0 bridgehead atoms. The predicted molar refractivity (Wildman–Crippen MR) is 136 cm³/mol. The summed E-state index contributed by atoms with van der Waals surface area (Å²) in [5.74, 6) is 0. The first-order chi connectivity index (χ1) is 18.1. The minimum atomic E-state index is -0.780. The summed E-state index contributed by atoms with van der Waals surface area (Å²) in [6.45, 7) is 0. The van der Waals surface area contributed by atoms with Crippen molar-refractivity contribution in [1.82, 2.24) is 0 Å². The maximum atomic E-state index is 11.4. The summed E-state index contributed by atoms with van der Waals surface area (Å²) in [6, 6.07) is 16.5. The Bertz CT molecular complexity index is 1610. The first-order valence-corrected chi connectivity index (χ1v) is 10.7. The van der Waals surface area contributed by atoms with Crippen LogP contribution in [-0.4, -0.2) is 31.1 Å². The summed E-state index contributed by atoms with van der Waals surface area (Å²) >= 11 is 0. The molecule has 5 rings (SSSR count). The SMILES string of the molecule is O=[N+]([O-])c1cc(N=C2C(=Nc3cc([N+](=O)[O-])cc([N+](=O)[O-])c3)c3cccc4cccc2c34)cc([N+](=O)[O-])c1. The van der Waals surface area contributed by atoms with Crippen molar-refractivity contribution in [1.29, 1.82) is 0 Å². The van der Waals surface area contributed by atoms with Gasteiger partial charge in [-0.15, -0.1) is 0 Å². The second kappa shape index (κ2) is 8.94. The second-order valence-electron chi connectivity index (χ2n) is 8.07. The molecular weight excluding hydrogens is 500 g/mol. The first kappa shape index (κ1) is 23.8. The third kappa shape index (κ3) is 4.17. The van der Waals surface area contributed by atoms with Crippen LogP contribution in [0.5, 0.6) is 0 Å². The average molecular weight is 512 g/mol. The summed E-state index contributed by atoms with van der Waals surface area (Å²) in [5, 5.41) is 47.0. The van der Waals surface area contributed by atoms with Crippen LogP contribution in [0.25, 0.3) is 10.8 Å². The lowest BCUT2D eigenvalue weighted by Gasteiger charge is -2.05. The van der Waals surface area contributed by atoms with Crippen LogP contribution >= 0.6 is 0 Å². The van der Waals surface area contributed by atoms with E-state index in [9.17, 15) is 40.5 Å². The molecule has 0 saturated carbocycles. The average Bonchev–Trinajstić information content (AvgIpc) is 3.17. The predicted octanol–water partition coefficient (Wildman–Crippen LogP) is 5.73. The molecule has 1 aliphatic carbocycles. The van der Waals surface area contributed by atoms with E-state index in [1.165, 1.54) is 0 Å². The van der Waals surface area contributed by atoms with E-state index in [2.05, 4.69) is 9.98 Å². The van der Waals surface area contributed by atoms with Gasteiger partial charge in [0.25, 0.3) is 22.7 Å². The van der Waals surface area contributed by atoms with Crippen molar-refractivity contribution < 1.29 is 19.7 Å². The van der Waals surface area contributed by atoms with E-state index in [1.54, 1.807) is 24.3 Å². The number of aliphatic imine (C=N–C) groups is 2. The van der Waals surface area contributed by atoms with Gasteiger partial charge in [0, 0.05) is 40.8 Å². The Balaban J connectivity index is 1.80. The van der Waals surface area contributed by atoms with Crippen molar-refractivity contribution in [2.24, 2.45) is 9.98 Å². The molecule has 0 amide bonds. The van der Waals surface area contributed by atoms with Gasteiger partial charge in [-0.2, -0.15) is 0 Å². The largest absolute Gasteiger partial charge is 0.278 e. The van der Waals surface area contributed by atoms with Crippen LogP contribution in [0.3, 0.4) is 0 Å². The zero-order valence-electron chi connectivity index (χ0n) is 18.9. The molecular formula is C24H12N6O8. The van der Waals surface area contributed by atoms with Gasteiger partial charge in [0.15, 0.2) is 0 Å². The van der Waals surface area contributed by atoms with E-state index in [1.807, 2.05) is 12.1 Å². The van der Waals surface area contributed by atoms with Crippen LogP contribution in [0.2, 0.25) is 0 Å². The minimum absolute atomic E-state index is 0.0940. The van der Waals surface area contributed by atoms with Gasteiger partial charge < -0.3 is 0 Å². The summed E-state index contributed by atoms with van der Waals surface area (Å²) in [6.07, 6.45) is 0. The van der Waals surface area contributed by atoms with Crippen molar-refractivity contribution in [2.45, 2.75) is 0 Å². The van der Waals surface area contributed by atoms with Crippen LogP contribution < -0.4 is 0 Å². The lowest BCUT2D eigenvalue weighted by Crippen LogP contribution is -2.10. The fourth-order valence-electron chi connectivity index (χ4n) is 4.19. The van der Waals surface area contributed by atoms with Gasteiger partial charge in [-0.1, -0.05) is 36.4 Å². The van der Waals surface area contributed by atoms with Crippen molar-refractivity contribution in [3.63, 3.8) is 0 Å². The van der Waals surface area contributed by atoms with Gasteiger partial charge in [-0.3, -0.25) is 40.5 Å². The molecule has 0 atom stereocenters. The monoisotopic (exact) mass is 512 g/mol. The second-order valence-corrected chi connectivity index (χ2v) is 8.07. The highest BCUT2D eigenvalue weighted by molar-refractivity contribution is 6.61. The highest BCUT2D eigenvalue weighted by Gasteiger charge is 2.28. The molecule has 1 aliphatic rings. The molecule has 4 aromatic carbocycles. The standard InChI is InChI=1S/C24H12N6O8/c31-27(32)16-7-14(8-17(11-16)28(33)34)25-23-20-5-1-3-13-4-2-6-21(22(13)20)24(23)26-15-9-18(29(35)36)12-19(10-15)30(37)38/h1-12H. The molecule has 0 N–H and O–H groups in total. The summed E-state index contributed by atoms with van der Waals surface area (Å²) in [4.78, 5) is 51.4. The van der Waals surface area contributed by atoms with Crippen LogP contribution in [-0.2, 0) is 0 Å². The molecule has 0 fully saturated rings. The van der Waals surface area contributed by atoms with Crippen LogP contribution in [0.15, 0.2) is 82.8 Å². The highest BCUT2D eigenvalue weighted by atomic mass is 16.6. The fourth-order valence-corrected chi connectivity index (χ4v) is 4.19. The number of nitrogens with zero attached hydrogens (tertiary/aromatic N) is 6. The Labute approximate surface area is 210 Å². The lowest BCUT2D eigenvalue weighted by atomic mass is 10.1. The molecule has 38 heavy (non-hydrogen) atoms. The summed E-state index contributed by atoms with van der Waals surface area (Å²) in [5.41, 5.74) is -0.870. The molecule has 0 heterocycles. The summed E-state index contributed by atoms with van der Waals surface area (Å²) < 4.78 is 0. The van der Waals surface area contributed by atoms with E-state index >= 15 is 0 Å². The van der Waals surface area contributed by atoms with Crippen LogP contribution in [0.4, 0.5) is 34.1 Å². The van der Waals surface area contributed by atoms with Gasteiger partial charge in [-0.05, 0) is 5.39 Å². The number of nitro groups is 4. The third-order valence-electron chi connectivity index (χ3n) is 5.74. The van der Waals surface area contributed by atoms with E-state index in [-0.39, 0.29) is 22.8 Å². The Morgan fingerprint density at radius 1 is 0.500 bits per heavy atom. The highest BCUT2D eigenvalue weighted by Crippen LogP contribution is 2.37. The Kier molecular flexibility index (Phi) is 5.60. The smallest absolute Gasteiger partial charge is 0.258 e. The molecule has 186 valence electrons. The van der Waals surface area contributed by atoms with Crippen molar-refractivity contribution in [3.8, 4) is 0 Å². The number of benzene rings is 4. The molecule has 0 aromatic heterocycles. The number of hydrogen-bond acceptors (Lipinski definition) is 10. The van der Waals surface area contributed by atoms with Crippen molar-refractivity contribution in [3.05, 3.63) is 124 Å². The van der Waals surface area contributed by atoms with Crippen LogP contribution in [0, 0.1) is 40.5 Å². The minimum Gasteiger partial charge on any atom is -0.258 e. The zero-order valence-corrected chi connectivity index (χ0v) is 18.9. The zero-order chi connectivity index (χ0) is 27.1. The number of rotatable bonds is 6. The Hall–Kier alpha value is -5.92. The topological polar surface area (TPSA) is 197 Å². The van der Waals surface area contributed by atoms with E-state index in [0.717, 1.165) is 41.8 Å². The molecule has 0 spiro atoms. The maximum Gasteiger partial charge on any atom is 0.278 e. The Morgan fingerprint density at radius 3 is 1.16 bits per heavy atom. The molecule has 4 aromatic rings. The fraction of sp³-hybridized carbons (Fsp3) is 0. The van der Waals surface area contributed by atoms with Crippen LogP contribution in [0.1, 0.15) is 11.1 Å². The molecule has 14 nitrogen and oxygen atoms in total. The van der Waals surface area contributed by atoms with E-state index in [4.69, 9.17) is 0 Å². The third-order valence-corrected chi connectivity index (χ3v) is 5.74. The molecule has 0 radical (unpaired) electrons. The van der Waals surface area contributed by atoms with E-state index in [0.29, 0.717) is 16.5 Å². The number of hydrogen-bond donors (Lipinski definition) is 0. The first-order valence-electron chi connectivity index (χ1n) is 10.7. The van der Waals surface area contributed by atoms with Gasteiger partial charge in [0.1, 0.15) is 0 Å². The van der Waals surface area contributed by atoms with E-state index < -0.39 is 42.4 Å². The molecule has 14 heteroatoms. The normalized spacial score (nSPS) is 14.2. The Morgan fingerprint density at radius 2 is 0.842 bits per heavy atom. The van der Waals surface area contributed by atoms with Gasteiger partial charge in [0.2, 0.25) is 0 Å². The van der Waals surface area contributed by atoms with Gasteiger partial charge >= 0.3 is 0 Å². The lowest BCUT2D eigenvalue weighted by molar-refractivity contribution is -0.394. The van der Waals surface area contributed by atoms with Gasteiger partial charge in [-0.25, -0.2) is 9.98 Å². The molecule has 0 unspecified atom stereocenters. The van der Waals surface area contributed by atoms with Crippen molar-refractivity contribution >= 4 is 56.3 Å². The number of nitro benzene ring substituents is 4. The van der Waals surface area contributed by atoms with Gasteiger partial charge in [0.05, 0.1) is 54.6 Å². The number of non-ortho nitro benzene ring substituents is 4. The molecule has 0 aliphatic heterocycles. The quantitative estimate of drug-likeness (QED) is 0.230. The summed E-state index contributed by atoms with van der Waals surface area (Å²) in [7, 11) is 0.